The van der Waals surface area contributed by atoms with Gasteiger partial charge in [0.05, 0.1) is 18.2 Å². The van der Waals surface area contributed by atoms with Crippen molar-refractivity contribution in [2.24, 2.45) is 0 Å². The number of nitrogens with zero attached hydrogens (tertiary/aromatic N) is 3. The third kappa shape index (κ3) is 2.37. The average Bonchev–Trinajstić information content (AvgIpc) is 3.14. The maximum absolute atomic E-state index is 13.5. The van der Waals surface area contributed by atoms with E-state index in [1.54, 1.807) is 12.1 Å². The molecule has 0 aliphatic heterocycles. The second kappa shape index (κ2) is 4.84. The Kier molecular flexibility index (Phi) is 3.25. The number of rotatable bonds is 4. The van der Waals surface area contributed by atoms with Gasteiger partial charge < -0.3 is 4.90 Å². The minimum absolute atomic E-state index is 0.0809. The summed E-state index contributed by atoms with van der Waals surface area (Å²) in [6, 6.07) is 8.99. The number of hydrogen-bond acceptors (Lipinski definition) is 3. The first-order valence-electron chi connectivity index (χ1n) is 5.60. The van der Waals surface area contributed by atoms with Gasteiger partial charge in [-0.2, -0.15) is 10.5 Å². The Hall–Kier alpha value is -2.07. The van der Waals surface area contributed by atoms with Gasteiger partial charge in [-0.25, -0.2) is 4.39 Å². The van der Waals surface area contributed by atoms with Gasteiger partial charge in [0.15, 0.2) is 0 Å². The zero-order valence-electron chi connectivity index (χ0n) is 9.36. The van der Waals surface area contributed by atoms with Crippen LogP contribution in [0.25, 0.3) is 0 Å². The first-order valence-corrected chi connectivity index (χ1v) is 5.60. The van der Waals surface area contributed by atoms with Crippen LogP contribution in [0.5, 0.6) is 0 Å². The lowest BCUT2D eigenvalue weighted by Crippen LogP contribution is -2.27. The average molecular weight is 229 g/mol. The molecule has 0 saturated heterocycles. The Bertz CT molecular complexity index is 494. The first kappa shape index (κ1) is 11.4. The molecule has 4 heteroatoms. The lowest BCUT2D eigenvalue weighted by molar-refractivity contribution is 0.622. The molecule has 0 heterocycles. The van der Waals surface area contributed by atoms with Crippen LogP contribution in [0.2, 0.25) is 0 Å². The standard InChI is InChI=1S/C13H12FN3/c14-12-3-1-4-13(11(12)9-16)17(8-2-7-15)10-5-6-10/h1,3-4,10H,2,5-6,8H2. The highest BCUT2D eigenvalue weighted by molar-refractivity contribution is 5.61. The molecule has 1 saturated carbocycles. The van der Waals surface area contributed by atoms with Crippen LogP contribution in [-0.2, 0) is 0 Å². The van der Waals surface area contributed by atoms with E-state index in [0.29, 0.717) is 24.7 Å². The Balaban J connectivity index is 2.33. The minimum Gasteiger partial charge on any atom is -0.366 e. The summed E-state index contributed by atoms with van der Waals surface area (Å²) in [5.74, 6) is -0.493. The smallest absolute Gasteiger partial charge is 0.143 e. The molecule has 0 N–H and O–H groups in total. The van der Waals surface area contributed by atoms with Gasteiger partial charge in [0, 0.05) is 12.6 Å². The quantitative estimate of drug-likeness (QED) is 0.797. The third-order valence-electron chi connectivity index (χ3n) is 2.87. The molecule has 0 bridgehead atoms. The fraction of sp³-hybridized carbons (Fsp3) is 0.385. The van der Waals surface area contributed by atoms with E-state index in [1.165, 1.54) is 6.07 Å². The molecule has 1 fully saturated rings. The summed E-state index contributed by atoms with van der Waals surface area (Å²) in [6.07, 6.45) is 2.48. The second-order valence-corrected chi connectivity index (χ2v) is 4.08. The van der Waals surface area contributed by atoms with Crippen molar-refractivity contribution in [3.63, 3.8) is 0 Å². The lowest BCUT2D eigenvalue weighted by Gasteiger charge is -2.24. The van der Waals surface area contributed by atoms with E-state index in [0.717, 1.165) is 12.8 Å². The molecular formula is C13H12FN3. The molecule has 2 rings (SSSR count). The van der Waals surface area contributed by atoms with E-state index in [4.69, 9.17) is 10.5 Å². The van der Waals surface area contributed by atoms with Gasteiger partial charge in [-0.05, 0) is 25.0 Å². The number of halogens is 1. The van der Waals surface area contributed by atoms with Crippen molar-refractivity contribution >= 4 is 5.69 Å². The van der Waals surface area contributed by atoms with Gasteiger partial charge in [0.1, 0.15) is 17.4 Å². The molecule has 0 spiro atoms. The van der Waals surface area contributed by atoms with Crippen LogP contribution in [0.1, 0.15) is 24.8 Å². The van der Waals surface area contributed by atoms with Crippen LogP contribution in [0.4, 0.5) is 10.1 Å². The van der Waals surface area contributed by atoms with E-state index in [9.17, 15) is 4.39 Å². The zero-order chi connectivity index (χ0) is 12.3. The molecule has 1 aromatic rings. The molecule has 0 amide bonds. The molecule has 0 aromatic heterocycles. The van der Waals surface area contributed by atoms with Gasteiger partial charge in [-0.3, -0.25) is 0 Å². The van der Waals surface area contributed by atoms with Crippen molar-refractivity contribution in [1.29, 1.82) is 10.5 Å². The monoisotopic (exact) mass is 229 g/mol. The summed E-state index contributed by atoms with van der Waals surface area (Å²) in [7, 11) is 0. The number of nitriles is 2. The van der Waals surface area contributed by atoms with E-state index < -0.39 is 5.82 Å². The number of hydrogen-bond donors (Lipinski definition) is 0. The Morgan fingerprint density at radius 2 is 2.12 bits per heavy atom. The van der Waals surface area contributed by atoms with E-state index in [2.05, 4.69) is 6.07 Å². The van der Waals surface area contributed by atoms with Crippen LogP contribution >= 0.6 is 0 Å². The third-order valence-corrected chi connectivity index (χ3v) is 2.87. The van der Waals surface area contributed by atoms with Crippen LogP contribution in [0, 0.1) is 28.5 Å². The molecule has 3 nitrogen and oxygen atoms in total. The van der Waals surface area contributed by atoms with Gasteiger partial charge in [0.2, 0.25) is 0 Å². The van der Waals surface area contributed by atoms with Crippen molar-refractivity contribution in [3.8, 4) is 12.1 Å². The van der Waals surface area contributed by atoms with Gasteiger partial charge in [-0.1, -0.05) is 6.07 Å². The normalized spacial score (nSPS) is 13.8. The Labute approximate surface area is 99.7 Å². The summed E-state index contributed by atoms with van der Waals surface area (Å²) >= 11 is 0. The predicted molar refractivity (Wildman–Crippen MR) is 61.7 cm³/mol. The van der Waals surface area contributed by atoms with Crippen molar-refractivity contribution < 1.29 is 4.39 Å². The fourth-order valence-corrected chi connectivity index (χ4v) is 1.92. The molecule has 1 aromatic carbocycles. The van der Waals surface area contributed by atoms with E-state index in [1.807, 2.05) is 11.0 Å². The van der Waals surface area contributed by atoms with Crippen molar-refractivity contribution in [1.82, 2.24) is 0 Å². The molecule has 1 aliphatic rings. The summed E-state index contributed by atoms with van der Waals surface area (Å²) in [5, 5.41) is 17.6. The second-order valence-electron chi connectivity index (χ2n) is 4.08. The van der Waals surface area contributed by atoms with E-state index in [-0.39, 0.29) is 5.56 Å². The van der Waals surface area contributed by atoms with Gasteiger partial charge >= 0.3 is 0 Å². The molecule has 0 unspecified atom stereocenters. The Morgan fingerprint density at radius 1 is 1.35 bits per heavy atom. The lowest BCUT2D eigenvalue weighted by atomic mass is 10.1. The SMILES string of the molecule is N#CCCN(c1cccc(F)c1C#N)C1CC1. The van der Waals surface area contributed by atoms with Gasteiger partial charge in [0.25, 0.3) is 0 Å². The zero-order valence-corrected chi connectivity index (χ0v) is 9.36. The molecule has 86 valence electrons. The molecule has 17 heavy (non-hydrogen) atoms. The first-order chi connectivity index (χ1) is 8.27. The summed E-state index contributed by atoms with van der Waals surface area (Å²) in [5.41, 5.74) is 0.697. The maximum Gasteiger partial charge on any atom is 0.143 e. The molecule has 0 radical (unpaired) electrons. The fourth-order valence-electron chi connectivity index (χ4n) is 1.92. The molecular weight excluding hydrogens is 217 g/mol. The number of benzene rings is 1. The highest BCUT2D eigenvalue weighted by Gasteiger charge is 2.30. The van der Waals surface area contributed by atoms with Crippen LogP contribution in [0.15, 0.2) is 18.2 Å². The summed E-state index contributed by atoms with van der Waals surface area (Å²) in [6.45, 7) is 0.555. The summed E-state index contributed by atoms with van der Waals surface area (Å²) in [4.78, 5) is 1.98. The van der Waals surface area contributed by atoms with Crippen molar-refractivity contribution in [3.05, 3.63) is 29.6 Å². The summed E-state index contributed by atoms with van der Waals surface area (Å²) < 4.78 is 13.5. The molecule has 0 atom stereocenters. The van der Waals surface area contributed by atoms with Crippen molar-refractivity contribution in [2.45, 2.75) is 25.3 Å². The maximum atomic E-state index is 13.5. The predicted octanol–water partition coefficient (Wildman–Crippen LogP) is 2.58. The highest BCUT2D eigenvalue weighted by Crippen LogP contribution is 2.34. The highest BCUT2D eigenvalue weighted by atomic mass is 19.1. The van der Waals surface area contributed by atoms with Crippen LogP contribution in [0.3, 0.4) is 0 Å². The van der Waals surface area contributed by atoms with Gasteiger partial charge in [-0.15, -0.1) is 0 Å². The minimum atomic E-state index is -0.493. The van der Waals surface area contributed by atoms with Crippen LogP contribution < -0.4 is 4.90 Å². The topological polar surface area (TPSA) is 50.8 Å². The van der Waals surface area contributed by atoms with Crippen LogP contribution in [-0.4, -0.2) is 12.6 Å². The van der Waals surface area contributed by atoms with E-state index >= 15 is 0 Å². The number of anilines is 1. The Morgan fingerprint density at radius 3 is 2.71 bits per heavy atom. The largest absolute Gasteiger partial charge is 0.366 e. The molecule has 1 aliphatic carbocycles. The van der Waals surface area contributed by atoms with Crippen molar-refractivity contribution in [2.75, 3.05) is 11.4 Å².